The summed E-state index contributed by atoms with van der Waals surface area (Å²) in [7, 11) is 0. The lowest BCUT2D eigenvalue weighted by molar-refractivity contribution is -0.128. The molecule has 0 aliphatic heterocycles. The van der Waals surface area contributed by atoms with Gasteiger partial charge in [-0.2, -0.15) is 0 Å². The molecule has 0 saturated carbocycles. The molecule has 1 unspecified atom stereocenters. The van der Waals surface area contributed by atoms with E-state index in [4.69, 9.17) is 5.73 Å². The van der Waals surface area contributed by atoms with Gasteiger partial charge in [-0.1, -0.05) is 20.8 Å². The van der Waals surface area contributed by atoms with Crippen molar-refractivity contribution in [1.29, 1.82) is 0 Å². The second kappa shape index (κ2) is 4.74. The summed E-state index contributed by atoms with van der Waals surface area (Å²) in [5, 5.41) is 2.55. The first-order valence-electron chi connectivity index (χ1n) is 4.07. The number of hydrogen-bond donors (Lipinski definition) is 2. The number of rotatable bonds is 4. The molecule has 0 spiro atoms. The molecule has 0 aromatic carbocycles. The SMILES string of the molecule is CCC(=O)NC(C(N)=O)C(C)C. The summed E-state index contributed by atoms with van der Waals surface area (Å²) in [4.78, 5) is 21.7. The van der Waals surface area contributed by atoms with E-state index in [0.717, 1.165) is 0 Å². The van der Waals surface area contributed by atoms with Crippen LogP contribution in [0.15, 0.2) is 0 Å². The molecule has 0 aliphatic carbocycles. The van der Waals surface area contributed by atoms with Gasteiger partial charge < -0.3 is 11.1 Å². The summed E-state index contributed by atoms with van der Waals surface area (Å²) in [6, 6.07) is -0.544. The van der Waals surface area contributed by atoms with Crippen LogP contribution in [0, 0.1) is 5.92 Å². The predicted octanol–water partition coefficient (Wildman–Crippen LogP) is 0.0225. The van der Waals surface area contributed by atoms with E-state index in [2.05, 4.69) is 5.32 Å². The average molecular weight is 172 g/mol. The second-order valence-electron chi connectivity index (χ2n) is 3.05. The van der Waals surface area contributed by atoms with Crippen LogP contribution in [0.1, 0.15) is 27.2 Å². The summed E-state index contributed by atoms with van der Waals surface area (Å²) < 4.78 is 0. The molecule has 12 heavy (non-hydrogen) atoms. The Labute approximate surface area is 72.5 Å². The van der Waals surface area contributed by atoms with E-state index in [9.17, 15) is 9.59 Å². The molecule has 70 valence electrons. The van der Waals surface area contributed by atoms with Gasteiger partial charge in [-0.05, 0) is 5.92 Å². The van der Waals surface area contributed by atoms with Gasteiger partial charge in [-0.3, -0.25) is 9.59 Å². The number of amides is 2. The van der Waals surface area contributed by atoms with Crippen molar-refractivity contribution in [1.82, 2.24) is 5.32 Å². The molecule has 4 heteroatoms. The Kier molecular flexibility index (Phi) is 4.33. The van der Waals surface area contributed by atoms with Crippen LogP contribution in [0.2, 0.25) is 0 Å². The van der Waals surface area contributed by atoms with Gasteiger partial charge in [0.05, 0.1) is 0 Å². The number of nitrogens with one attached hydrogen (secondary N) is 1. The third-order valence-corrected chi connectivity index (χ3v) is 1.61. The van der Waals surface area contributed by atoms with Gasteiger partial charge in [-0.25, -0.2) is 0 Å². The Morgan fingerprint density at radius 2 is 1.92 bits per heavy atom. The molecule has 0 aromatic heterocycles. The monoisotopic (exact) mass is 172 g/mol. The highest BCUT2D eigenvalue weighted by atomic mass is 16.2. The van der Waals surface area contributed by atoms with Crippen LogP contribution >= 0.6 is 0 Å². The smallest absolute Gasteiger partial charge is 0.240 e. The summed E-state index contributed by atoms with van der Waals surface area (Å²) >= 11 is 0. The molecule has 1 atom stereocenters. The zero-order valence-corrected chi connectivity index (χ0v) is 7.76. The maximum atomic E-state index is 10.9. The van der Waals surface area contributed by atoms with Gasteiger partial charge in [0.15, 0.2) is 0 Å². The molecule has 3 N–H and O–H groups in total. The van der Waals surface area contributed by atoms with Crippen LogP contribution in [0.25, 0.3) is 0 Å². The van der Waals surface area contributed by atoms with Crippen molar-refractivity contribution in [3.8, 4) is 0 Å². The number of nitrogens with two attached hydrogens (primary N) is 1. The first kappa shape index (κ1) is 10.9. The van der Waals surface area contributed by atoms with E-state index in [1.807, 2.05) is 13.8 Å². The molecule has 0 saturated heterocycles. The molecule has 0 rings (SSSR count). The van der Waals surface area contributed by atoms with E-state index in [0.29, 0.717) is 6.42 Å². The van der Waals surface area contributed by atoms with Crippen LogP contribution in [0.4, 0.5) is 0 Å². The Balaban J connectivity index is 4.14. The number of carbonyl (C=O) groups excluding carboxylic acids is 2. The Bertz CT molecular complexity index is 178. The van der Waals surface area contributed by atoms with Crippen molar-refractivity contribution in [3.63, 3.8) is 0 Å². The van der Waals surface area contributed by atoms with Gasteiger partial charge in [0.25, 0.3) is 0 Å². The first-order chi connectivity index (χ1) is 5.49. The lowest BCUT2D eigenvalue weighted by Crippen LogP contribution is -2.47. The third kappa shape index (κ3) is 3.37. The van der Waals surface area contributed by atoms with Crippen molar-refractivity contribution in [2.75, 3.05) is 0 Å². The molecule has 0 fully saturated rings. The van der Waals surface area contributed by atoms with E-state index in [1.165, 1.54) is 0 Å². The van der Waals surface area contributed by atoms with Gasteiger partial charge in [0.1, 0.15) is 6.04 Å². The summed E-state index contributed by atoms with van der Waals surface area (Å²) in [6.07, 6.45) is 0.372. The van der Waals surface area contributed by atoms with Crippen LogP contribution in [0.3, 0.4) is 0 Å². The number of carbonyl (C=O) groups is 2. The van der Waals surface area contributed by atoms with E-state index in [1.54, 1.807) is 6.92 Å². The highest BCUT2D eigenvalue weighted by molar-refractivity contribution is 5.86. The predicted molar refractivity (Wildman–Crippen MR) is 46.3 cm³/mol. The fourth-order valence-electron chi connectivity index (χ4n) is 0.842. The van der Waals surface area contributed by atoms with Crippen molar-refractivity contribution in [2.45, 2.75) is 33.2 Å². The molecule has 0 heterocycles. The summed E-state index contributed by atoms with van der Waals surface area (Å²) in [5.41, 5.74) is 5.09. The molecule has 0 aliphatic rings. The lowest BCUT2D eigenvalue weighted by Gasteiger charge is -2.18. The Hall–Kier alpha value is -1.06. The number of hydrogen-bond acceptors (Lipinski definition) is 2. The minimum absolute atomic E-state index is 0.0398. The minimum Gasteiger partial charge on any atom is -0.368 e. The Morgan fingerprint density at radius 1 is 1.42 bits per heavy atom. The van der Waals surface area contributed by atoms with Crippen LogP contribution in [0.5, 0.6) is 0 Å². The zero-order valence-electron chi connectivity index (χ0n) is 7.76. The van der Waals surface area contributed by atoms with Gasteiger partial charge in [0, 0.05) is 6.42 Å². The Morgan fingerprint density at radius 3 is 2.17 bits per heavy atom. The molecule has 4 nitrogen and oxygen atoms in total. The topological polar surface area (TPSA) is 72.2 Å². The van der Waals surface area contributed by atoms with Crippen molar-refractivity contribution >= 4 is 11.8 Å². The van der Waals surface area contributed by atoms with E-state index < -0.39 is 11.9 Å². The second-order valence-corrected chi connectivity index (χ2v) is 3.05. The van der Waals surface area contributed by atoms with Crippen LogP contribution < -0.4 is 11.1 Å². The molecule has 2 amide bonds. The molecule has 0 bridgehead atoms. The third-order valence-electron chi connectivity index (χ3n) is 1.61. The summed E-state index contributed by atoms with van der Waals surface area (Å²) in [6.45, 7) is 5.41. The quantitative estimate of drug-likeness (QED) is 0.627. The molecular formula is C8H16N2O2. The van der Waals surface area contributed by atoms with Gasteiger partial charge in [-0.15, -0.1) is 0 Å². The highest BCUT2D eigenvalue weighted by Gasteiger charge is 2.20. The van der Waals surface area contributed by atoms with E-state index in [-0.39, 0.29) is 11.8 Å². The van der Waals surface area contributed by atoms with Gasteiger partial charge in [0.2, 0.25) is 11.8 Å². The standard InChI is InChI=1S/C8H16N2O2/c1-4-6(11)10-7(5(2)3)8(9)12/h5,7H,4H2,1-3H3,(H2,9,12)(H,10,11). The largest absolute Gasteiger partial charge is 0.368 e. The van der Waals surface area contributed by atoms with Crippen molar-refractivity contribution in [3.05, 3.63) is 0 Å². The molecule has 0 aromatic rings. The molecule has 0 radical (unpaired) electrons. The van der Waals surface area contributed by atoms with E-state index >= 15 is 0 Å². The minimum atomic E-state index is -0.544. The summed E-state index contributed by atoms with van der Waals surface area (Å²) in [5.74, 6) is -0.586. The highest BCUT2D eigenvalue weighted by Crippen LogP contribution is 2.00. The average Bonchev–Trinajstić information content (AvgIpc) is 1.98. The molecular weight excluding hydrogens is 156 g/mol. The normalized spacial score (nSPS) is 12.7. The fraction of sp³-hybridized carbons (Fsp3) is 0.750. The van der Waals surface area contributed by atoms with Crippen molar-refractivity contribution < 1.29 is 9.59 Å². The van der Waals surface area contributed by atoms with Crippen LogP contribution in [-0.2, 0) is 9.59 Å². The van der Waals surface area contributed by atoms with Crippen LogP contribution in [-0.4, -0.2) is 17.9 Å². The van der Waals surface area contributed by atoms with Crippen molar-refractivity contribution in [2.24, 2.45) is 11.7 Å². The fourth-order valence-corrected chi connectivity index (χ4v) is 0.842. The zero-order chi connectivity index (χ0) is 9.72. The maximum absolute atomic E-state index is 10.9. The number of primary amides is 1. The maximum Gasteiger partial charge on any atom is 0.240 e. The van der Waals surface area contributed by atoms with Gasteiger partial charge >= 0.3 is 0 Å². The lowest BCUT2D eigenvalue weighted by atomic mass is 10.0. The first-order valence-corrected chi connectivity index (χ1v) is 4.07.